The molecule has 3 rings (SSSR count). The Bertz CT molecular complexity index is 642. The molecule has 0 N–H and O–H groups in total. The highest BCUT2D eigenvalue weighted by atomic mass is 32.2. The lowest BCUT2D eigenvalue weighted by Crippen LogP contribution is -2.16. The second-order valence-electron chi connectivity index (χ2n) is 5.14. The van der Waals surface area contributed by atoms with Crippen LogP contribution in [-0.2, 0) is 19.4 Å². The molecule has 1 aliphatic carbocycles. The van der Waals surface area contributed by atoms with Gasteiger partial charge in [-0.05, 0) is 26.2 Å². The van der Waals surface area contributed by atoms with Gasteiger partial charge in [-0.2, -0.15) is 0 Å². The van der Waals surface area contributed by atoms with Gasteiger partial charge in [0.1, 0.15) is 5.69 Å². The van der Waals surface area contributed by atoms with E-state index in [9.17, 15) is 4.79 Å². The van der Waals surface area contributed by atoms with Crippen molar-refractivity contribution in [2.24, 2.45) is 0 Å². The van der Waals surface area contributed by atoms with E-state index in [0.717, 1.165) is 35.0 Å². The molecule has 0 aromatic rings. The van der Waals surface area contributed by atoms with E-state index in [2.05, 4.69) is 18.8 Å². The molecular weight excluding hydrogens is 276 g/mol. The number of aryl methyl sites for hydroxylation is 2. The van der Waals surface area contributed by atoms with Crippen LogP contribution in [0.2, 0.25) is 0 Å². The van der Waals surface area contributed by atoms with Gasteiger partial charge in [-0.25, -0.2) is 4.98 Å². The van der Waals surface area contributed by atoms with Crippen LogP contribution in [0.4, 0.5) is 0 Å². The van der Waals surface area contributed by atoms with Gasteiger partial charge in [0.2, 0.25) is 0 Å². The maximum atomic E-state index is 12.5. The summed E-state index contributed by atoms with van der Waals surface area (Å²) in [7, 11) is 0. The lowest BCUT2D eigenvalue weighted by atomic mass is 10.3. The molecule has 0 atom stereocenters. The quantitative estimate of drug-likeness (QED) is 0.814. The van der Waals surface area contributed by atoms with Gasteiger partial charge >= 0.3 is 0 Å². The number of fused-ring (bicyclic) bond motifs is 2. The first-order valence-electron chi connectivity index (χ1n) is 6.83. The van der Waals surface area contributed by atoms with E-state index in [-0.39, 0.29) is 5.56 Å². The van der Waals surface area contributed by atoms with Crippen LogP contribution in [0, 0.1) is 0 Å². The molecule has 0 radical (unpaired) electrons. The van der Waals surface area contributed by atoms with Crippen LogP contribution in [0.3, 0.4) is 0 Å². The zero-order valence-electron chi connectivity index (χ0n) is 11.5. The Morgan fingerprint density at radius 1 is 1.42 bits per heavy atom. The largest absolute Gasteiger partial charge is 0.300 e. The highest BCUT2D eigenvalue weighted by molar-refractivity contribution is 8.00. The Hall–Kier alpha value is -0.810. The smallest absolute Gasteiger partial charge is 0.278 e. The second-order valence-corrected chi connectivity index (χ2v) is 7.81. The molecule has 5 heteroatoms. The first-order chi connectivity index (χ1) is 9.11. The Balaban J connectivity index is 2.26. The fourth-order valence-electron chi connectivity index (χ4n) is 2.55. The molecule has 19 heavy (non-hydrogen) atoms. The van der Waals surface area contributed by atoms with Crippen LogP contribution in [0.25, 0.3) is 10.6 Å². The summed E-state index contributed by atoms with van der Waals surface area (Å²) in [6, 6.07) is 0. The minimum absolute atomic E-state index is 0.0894. The van der Waals surface area contributed by atoms with Crippen molar-refractivity contribution < 1.29 is 0 Å². The van der Waals surface area contributed by atoms with Crippen LogP contribution in [0.15, 0.2) is 9.82 Å². The van der Waals surface area contributed by atoms with Crippen molar-refractivity contribution in [1.29, 1.82) is 0 Å². The highest BCUT2D eigenvalue weighted by Gasteiger charge is 2.27. The third kappa shape index (κ3) is 2.13. The van der Waals surface area contributed by atoms with Crippen LogP contribution >= 0.6 is 23.1 Å². The molecule has 102 valence electrons. The number of rotatable bonds is 3. The van der Waals surface area contributed by atoms with Crippen molar-refractivity contribution in [2.75, 3.05) is 0 Å². The Morgan fingerprint density at radius 3 is 2.89 bits per heavy atom. The Morgan fingerprint density at radius 2 is 2.21 bits per heavy atom. The van der Waals surface area contributed by atoms with Crippen LogP contribution in [0.1, 0.15) is 37.8 Å². The molecule has 0 unspecified atom stereocenters. The van der Waals surface area contributed by atoms with Gasteiger partial charge in [-0.3, -0.25) is 4.79 Å². The average molecular weight is 294 g/mol. The molecule has 0 bridgehead atoms. The molecule has 0 fully saturated rings. The van der Waals surface area contributed by atoms with E-state index in [0.29, 0.717) is 10.9 Å². The van der Waals surface area contributed by atoms with Gasteiger partial charge in [-0.15, -0.1) is 23.1 Å². The normalized spacial score (nSPS) is 14.5. The second kappa shape index (κ2) is 4.94. The minimum Gasteiger partial charge on any atom is -0.300 e. The van der Waals surface area contributed by atoms with Crippen molar-refractivity contribution >= 4 is 23.1 Å². The maximum Gasteiger partial charge on any atom is 0.278 e. The van der Waals surface area contributed by atoms with Gasteiger partial charge in [-0.1, -0.05) is 13.8 Å². The van der Waals surface area contributed by atoms with E-state index in [1.54, 1.807) is 23.1 Å². The maximum absolute atomic E-state index is 12.5. The summed E-state index contributed by atoms with van der Waals surface area (Å²) >= 11 is 3.57. The van der Waals surface area contributed by atoms with Crippen LogP contribution in [-0.4, -0.2) is 14.8 Å². The molecule has 0 amide bonds. The van der Waals surface area contributed by atoms with Gasteiger partial charge < -0.3 is 4.57 Å². The number of thioether (sulfide) groups is 1. The highest BCUT2D eigenvalue weighted by Crippen LogP contribution is 2.40. The topological polar surface area (TPSA) is 34.9 Å². The van der Waals surface area contributed by atoms with E-state index < -0.39 is 0 Å². The van der Waals surface area contributed by atoms with Crippen molar-refractivity contribution in [3.63, 3.8) is 0 Å². The molecule has 2 aliphatic heterocycles. The molecule has 0 saturated carbocycles. The zero-order chi connectivity index (χ0) is 13.6. The summed E-state index contributed by atoms with van der Waals surface area (Å²) in [6.07, 6.45) is 3.34. The van der Waals surface area contributed by atoms with Gasteiger partial charge in [0.25, 0.3) is 5.56 Å². The zero-order valence-corrected chi connectivity index (χ0v) is 13.2. The summed E-state index contributed by atoms with van der Waals surface area (Å²) in [4.78, 5) is 19.6. The van der Waals surface area contributed by atoms with Crippen molar-refractivity contribution in [3.8, 4) is 10.6 Å². The summed E-state index contributed by atoms with van der Waals surface area (Å²) in [5.41, 5.74) is 1.94. The Kier molecular flexibility index (Phi) is 3.43. The number of aromatic nitrogens is 2. The van der Waals surface area contributed by atoms with E-state index >= 15 is 0 Å². The monoisotopic (exact) mass is 294 g/mol. The lowest BCUT2D eigenvalue weighted by molar-refractivity contribution is 0.683. The fraction of sp³-hybridized carbons (Fsp3) is 0.571. The Labute approximate surface area is 121 Å². The number of nitrogens with zero attached hydrogens (tertiary/aromatic N) is 2. The third-order valence-corrected chi connectivity index (χ3v) is 5.90. The summed E-state index contributed by atoms with van der Waals surface area (Å²) in [6.45, 7) is 7.09. The van der Waals surface area contributed by atoms with Crippen molar-refractivity contribution in [3.05, 3.63) is 20.9 Å². The molecule has 0 aromatic carbocycles. The van der Waals surface area contributed by atoms with E-state index in [4.69, 9.17) is 0 Å². The van der Waals surface area contributed by atoms with Crippen LogP contribution < -0.4 is 5.56 Å². The van der Waals surface area contributed by atoms with Gasteiger partial charge in [0.05, 0.1) is 15.6 Å². The molecular formula is C14H18N2OS2. The molecule has 0 saturated heterocycles. The molecule has 0 aromatic heterocycles. The molecule has 2 heterocycles. The first kappa shape index (κ1) is 13.2. The summed E-state index contributed by atoms with van der Waals surface area (Å²) in [5.74, 6) is 0. The molecule has 0 spiro atoms. The van der Waals surface area contributed by atoms with E-state index in [1.807, 2.05) is 11.5 Å². The van der Waals surface area contributed by atoms with E-state index in [1.165, 1.54) is 11.3 Å². The third-order valence-electron chi connectivity index (χ3n) is 3.38. The molecule has 3 nitrogen and oxygen atoms in total. The van der Waals surface area contributed by atoms with Crippen LogP contribution in [0.5, 0.6) is 0 Å². The first-order valence-corrected chi connectivity index (χ1v) is 8.53. The summed E-state index contributed by atoms with van der Waals surface area (Å²) < 4.78 is 1.88. The predicted molar refractivity (Wildman–Crippen MR) is 81.7 cm³/mol. The van der Waals surface area contributed by atoms with Crippen molar-refractivity contribution in [2.45, 2.75) is 56.9 Å². The number of hydrogen-bond donors (Lipinski definition) is 0. The minimum atomic E-state index is 0.0894. The predicted octanol–water partition coefficient (Wildman–Crippen LogP) is 3.42. The van der Waals surface area contributed by atoms with Gasteiger partial charge in [0, 0.05) is 16.7 Å². The average Bonchev–Trinajstić information content (AvgIpc) is 2.91. The summed E-state index contributed by atoms with van der Waals surface area (Å²) in [5, 5.41) is 1.59. The lowest BCUT2D eigenvalue weighted by Gasteiger charge is -2.09. The number of hydrogen-bond acceptors (Lipinski definition) is 4. The fourth-order valence-corrected chi connectivity index (χ4v) is 4.99. The molecule has 3 aliphatic rings. The standard InChI is InChI=1S/C14H18N2OS2/c1-4-16-13(17)11-12(14(16)18-8(2)3)19-10-7-5-6-9(10)15-11/h8H,4-7H2,1-3H3. The van der Waals surface area contributed by atoms with Gasteiger partial charge in [0.15, 0.2) is 0 Å². The van der Waals surface area contributed by atoms with Crippen molar-refractivity contribution in [1.82, 2.24) is 9.55 Å². The SMILES string of the molecule is CCn1c(SC(C)C)c2sc3c(nc-2c1=O)CCC3.